The summed E-state index contributed by atoms with van der Waals surface area (Å²) in [5, 5.41) is 6.47. The first-order valence-corrected chi connectivity index (χ1v) is 16.4. The zero-order chi connectivity index (χ0) is 25.5. The summed E-state index contributed by atoms with van der Waals surface area (Å²) in [7, 11) is 0. The summed E-state index contributed by atoms with van der Waals surface area (Å²) in [6.45, 7) is -0.538. The fourth-order valence-corrected chi connectivity index (χ4v) is 8.88. The van der Waals surface area contributed by atoms with Crippen LogP contribution in [0.4, 0.5) is 10.3 Å². The van der Waals surface area contributed by atoms with Gasteiger partial charge < -0.3 is 4.74 Å². The Balaban J connectivity index is 1.05. The molecule has 0 bridgehead atoms. The number of ether oxygens (including phenoxy) is 1. The molecule has 6 rings (SSSR count). The van der Waals surface area contributed by atoms with Crippen LogP contribution in [0.5, 0.6) is 0 Å². The fourth-order valence-electron chi connectivity index (χ4n) is 3.53. The molecule has 37 heavy (non-hydrogen) atoms. The van der Waals surface area contributed by atoms with Crippen LogP contribution in [0.25, 0.3) is 40.9 Å². The Morgan fingerprint density at radius 2 is 1.05 bits per heavy atom. The molecular formula is C22H16N6O3S6. The lowest BCUT2D eigenvalue weighted by Gasteiger charge is -2.04. The summed E-state index contributed by atoms with van der Waals surface area (Å²) in [5.41, 5.74) is 3.46. The predicted octanol–water partition coefficient (Wildman–Crippen LogP) is 6.16. The number of aromatic nitrogens is 4. The number of thiazole rings is 4. The lowest BCUT2D eigenvalue weighted by Crippen LogP contribution is -2.23. The number of benzene rings is 2. The lowest BCUT2D eigenvalue weighted by atomic mass is 10.3. The van der Waals surface area contributed by atoms with Crippen molar-refractivity contribution in [2.45, 2.75) is 8.68 Å². The largest absolute Gasteiger partial charge is 0.362 e. The Hall–Kier alpha value is -2.40. The van der Waals surface area contributed by atoms with Gasteiger partial charge in [-0.25, -0.2) is 19.9 Å². The Morgan fingerprint density at radius 3 is 1.46 bits per heavy atom. The van der Waals surface area contributed by atoms with Crippen molar-refractivity contribution in [3.8, 4) is 0 Å². The van der Waals surface area contributed by atoms with Crippen LogP contribution in [-0.4, -0.2) is 57.5 Å². The molecule has 0 aliphatic carbocycles. The van der Waals surface area contributed by atoms with Gasteiger partial charge in [0, 0.05) is 0 Å². The van der Waals surface area contributed by atoms with Gasteiger partial charge in [0.25, 0.3) is 11.8 Å². The molecule has 0 radical (unpaired) electrons. The van der Waals surface area contributed by atoms with Gasteiger partial charge in [-0.3, -0.25) is 20.2 Å². The Labute approximate surface area is 234 Å². The Morgan fingerprint density at radius 1 is 0.676 bits per heavy atom. The topological polar surface area (TPSA) is 119 Å². The molecule has 188 valence electrons. The number of amides is 2. The zero-order valence-electron chi connectivity index (χ0n) is 19.2. The second-order valence-corrected chi connectivity index (χ2v) is 13.6. The van der Waals surface area contributed by atoms with Crippen molar-refractivity contribution in [1.29, 1.82) is 0 Å². The molecule has 0 atom stereocenters. The van der Waals surface area contributed by atoms with Crippen LogP contribution >= 0.6 is 68.9 Å². The van der Waals surface area contributed by atoms with E-state index in [1.807, 2.05) is 36.8 Å². The summed E-state index contributed by atoms with van der Waals surface area (Å²) in [5.74, 6) is -0.760. The number of anilines is 2. The van der Waals surface area contributed by atoms with E-state index in [0.29, 0.717) is 10.3 Å². The minimum absolute atomic E-state index is 0.269. The van der Waals surface area contributed by atoms with Crippen molar-refractivity contribution in [3.05, 3.63) is 24.3 Å². The van der Waals surface area contributed by atoms with Crippen LogP contribution in [-0.2, 0) is 14.3 Å². The van der Waals surface area contributed by atoms with Crippen molar-refractivity contribution < 1.29 is 14.3 Å². The van der Waals surface area contributed by atoms with Gasteiger partial charge in [0.15, 0.2) is 18.9 Å². The van der Waals surface area contributed by atoms with Crippen molar-refractivity contribution in [3.63, 3.8) is 0 Å². The molecular weight excluding hydrogens is 589 g/mol. The fraction of sp³-hybridized carbons (Fsp3) is 0.182. The van der Waals surface area contributed by atoms with Gasteiger partial charge in [-0.05, 0) is 36.8 Å². The smallest absolute Gasteiger partial charge is 0.252 e. The number of nitrogens with one attached hydrogen (secondary N) is 2. The van der Waals surface area contributed by atoms with E-state index >= 15 is 0 Å². The van der Waals surface area contributed by atoms with Crippen LogP contribution in [0, 0.1) is 0 Å². The number of carbonyl (C=O) groups excluding carboxylic acids is 2. The second kappa shape index (κ2) is 10.4. The highest BCUT2D eigenvalue weighted by Gasteiger charge is 2.16. The first-order chi connectivity index (χ1) is 18.0. The van der Waals surface area contributed by atoms with Gasteiger partial charge in [0.2, 0.25) is 0 Å². The second-order valence-electron chi connectivity index (χ2n) is 7.52. The first kappa shape index (κ1) is 24.9. The highest BCUT2D eigenvalue weighted by atomic mass is 32.2. The molecule has 15 heteroatoms. The average molecular weight is 605 g/mol. The molecule has 0 saturated heterocycles. The number of hydrogen-bond acceptors (Lipinski definition) is 13. The molecule has 0 saturated carbocycles. The summed E-state index contributed by atoms with van der Waals surface area (Å²) < 4.78 is 11.4. The minimum atomic E-state index is -0.380. The van der Waals surface area contributed by atoms with Crippen LogP contribution in [0.1, 0.15) is 0 Å². The standard InChI is InChI=1S/C22H16N6O3S6/c1-32-21-25-11-5-3-9-15(17(11)36-21)34-19(23-9)27-13(29)7-31-8-14(30)28-20-24-10-4-6-12-18(16(10)35-20)37-22(26-12)33-2/h3-6H,7-8H2,1-2H3,(H,23,27,29)(H,24,28,30). The van der Waals surface area contributed by atoms with Gasteiger partial charge in [0.05, 0.1) is 40.9 Å². The van der Waals surface area contributed by atoms with Gasteiger partial charge in [-0.1, -0.05) is 46.2 Å². The third-order valence-corrected chi connectivity index (χ3v) is 11.5. The SMILES string of the molecule is CSc1nc2ccc3nc(NC(=O)COCC(=O)Nc4nc5ccc6nc(SC)sc6c5s4)sc3c2s1. The van der Waals surface area contributed by atoms with E-state index in [4.69, 9.17) is 4.74 Å². The van der Waals surface area contributed by atoms with Gasteiger partial charge >= 0.3 is 0 Å². The minimum Gasteiger partial charge on any atom is -0.362 e. The molecule has 2 N–H and O–H groups in total. The summed E-state index contributed by atoms with van der Waals surface area (Å²) in [6, 6.07) is 7.68. The van der Waals surface area contributed by atoms with E-state index in [1.165, 1.54) is 22.7 Å². The van der Waals surface area contributed by atoms with Crippen molar-refractivity contribution in [2.24, 2.45) is 0 Å². The zero-order valence-corrected chi connectivity index (χ0v) is 24.1. The van der Waals surface area contributed by atoms with Gasteiger partial charge in [-0.15, -0.1) is 22.7 Å². The molecule has 4 aromatic heterocycles. The summed E-state index contributed by atoms with van der Waals surface area (Å²) in [6.07, 6.45) is 3.99. The summed E-state index contributed by atoms with van der Waals surface area (Å²) >= 11 is 9.22. The van der Waals surface area contributed by atoms with Crippen LogP contribution in [0.3, 0.4) is 0 Å². The van der Waals surface area contributed by atoms with E-state index in [0.717, 1.165) is 49.5 Å². The highest BCUT2D eigenvalue weighted by Crippen LogP contribution is 2.39. The molecule has 6 aromatic rings. The number of carbonyl (C=O) groups is 2. The van der Waals surface area contributed by atoms with E-state index < -0.39 is 0 Å². The van der Waals surface area contributed by atoms with Crippen molar-refractivity contribution in [1.82, 2.24) is 19.9 Å². The van der Waals surface area contributed by atoms with Crippen LogP contribution in [0.15, 0.2) is 32.9 Å². The quantitative estimate of drug-likeness (QED) is 0.197. The van der Waals surface area contributed by atoms with Gasteiger partial charge in [-0.2, -0.15) is 0 Å². The normalized spacial score (nSPS) is 11.7. The average Bonchev–Trinajstić information content (AvgIpc) is 3.65. The maximum atomic E-state index is 12.4. The molecule has 0 aliphatic heterocycles. The first-order valence-electron chi connectivity index (χ1n) is 10.7. The monoisotopic (exact) mass is 604 g/mol. The van der Waals surface area contributed by atoms with E-state index in [1.54, 1.807) is 46.2 Å². The number of nitrogens with zero attached hydrogens (tertiary/aromatic N) is 4. The third kappa shape index (κ3) is 5.04. The number of thioether (sulfide) groups is 2. The maximum absolute atomic E-state index is 12.4. The molecule has 4 heterocycles. The maximum Gasteiger partial charge on any atom is 0.252 e. The number of rotatable bonds is 8. The van der Waals surface area contributed by atoms with Crippen molar-refractivity contribution in [2.75, 3.05) is 36.4 Å². The molecule has 2 aromatic carbocycles. The third-order valence-electron chi connectivity index (χ3n) is 5.09. The Kier molecular flexibility index (Phi) is 7.00. The molecule has 2 amide bonds. The molecule has 0 spiro atoms. The predicted molar refractivity (Wildman–Crippen MR) is 157 cm³/mol. The molecule has 9 nitrogen and oxygen atoms in total. The highest BCUT2D eigenvalue weighted by molar-refractivity contribution is 8.00. The summed E-state index contributed by atoms with van der Waals surface area (Å²) in [4.78, 5) is 42.9. The number of fused-ring (bicyclic) bond motifs is 6. The van der Waals surface area contributed by atoms with E-state index in [9.17, 15) is 9.59 Å². The van der Waals surface area contributed by atoms with Crippen LogP contribution < -0.4 is 10.6 Å². The van der Waals surface area contributed by atoms with Crippen LogP contribution in [0.2, 0.25) is 0 Å². The van der Waals surface area contributed by atoms with E-state index in [-0.39, 0.29) is 25.0 Å². The lowest BCUT2D eigenvalue weighted by molar-refractivity contribution is -0.125. The Bertz CT molecular complexity index is 1670. The van der Waals surface area contributed by atoms with Gasteiger partial charge in [0.1, 0.15) is 13.2 Å². The number of hydrogen-bond donors (Lipinski definition) is 2. The van der Waals surface area contributed by atoms with Crippen molar-refractivity contribution >= 4 is 132 Å². The van der Waals surface area contributed by atoms with E-state index in [2.05, 4.69) is 30.6 Å². The molecule has 0 unspecified atom stereocenters. The molecule has 0 fully saturated rings. The molecule has 0 aliphatic rings.